The van der Waals surface area contributed by atoms with Gasteiger partial charge in [-0.05, 0) is 12.8 Å². The van der Waals surface area contributed by atoms with Crippen molar-refractivity contribution in [2.24, 2.45) is 0 Å². The molecular weight excluding hydrogens is 229 g/mol. The number of hydrogen-bond donors (Lipinski definition) is 0. The van der Waals surface area contributed by atoms with Crippen molar-refractivity contribution < 1.29 is 13.9 Å². The van der Waals surface area contributed by atoms with Crippen LogP contribution in [-0.4, -0.2) is 24.0 Å². The molecule has 3 rings (SSSR count). The van der Waals surface area contributed by atoms with Crippen LogP contribution in [0.4, 0.5) is 4.39 Å². The van der Waals surface area contributed by atoms with Crippen molar-refractivity contribution in [2.75, 3.05) is 13.2 Å². The Balaban J connectivity index is 1.74. The van der Waals surface area contributed by atoms with Gasteiger partial charge in [0.2, 0.25) is 0 Å². The SMILES string of the molecule is FC1(c2nccs2)CCC2(CC1)OCCO2. The van der Waals surface area contributed by atoms with Crippen molar-refractivity contribution >= 4 is 11.3 Å². The highest BCUT2D eigenvalue weighted by Gasteiger charge is 2.48. The van der Waals surface area contributed by atoms with Crippen LogP contribution in [0.2, 0.25) is 0 Å². The fourth-order valence-electron chi connectivity index (χ4n) is 2.47. The van der Waals surface area contributed by atoms with Gasteiger partial charge in [0.25, 0.3) is 0 Å². The molecule has 1 aliphatic heterocycles. The molecule has 2 aliphatic rings. The summed E-state index contributed by atoms with van der Waals surface area (Å²) >= 11 is 1.39. The second kappa shape index (κ2) is 3.75. The van der Waals surface area contributed by atoms with Gasteiger partial charge in [-0.15, -0.1) is 11.3 Å². The first-order valence-electron chi connectivity index (χ1n) is 5.59. The molecule has 1 saturated carbocycles. The predicted molar refractivity (Wildman–Crippen MR) is 58.0 cm³/mol. The summed E-state index contributed by atoms with van der Waals surface area (Å²) in [6.07, 6.45) is 3.81. The van der Waals surface area contributed by atoms with E-state index < -0.39 is 11.5 Å². The third kappa shape index (κ3) is 1.67. The average Bonchev–Trinajstić information content (AvgIpc) is 2.96. The van der Waals surface area contributed by atoms with E-state index in [-0.39, 0.29) is 0 Å². The quantitative estimate of drug-likeness (QED) is 0.759. The van der Waals surface area contributed by atoms with Crippen LogP contribution in [0.5, 0.6) is 0 Å². The normalized spacial score (nSPS) is 27.3. The molecule has 0 atom stereocenters. The summed E-state index contributed by atoms with van der Waals surface area (Å²) in [5, 5.41) is 2.42. The van der Waals surface area contributed by atoms with E-state index in [1.807, 2.05) is 5.38 Å². The third-order valence-corrected chi connectivity index (χ3v) is 4.39. The summed E-state index contributed by atoms with van der Waals surface area (Å²) in [6, 6.07) is 0. The van der Waals surface area contributed by atoms with E-state index in [0.717, 1.165) is 0 Å². The minimum absolute atomic E-state index is 0.445. The van der Waals surface area contributed by atoms with Gasteiger partial charge in [-0.1, -0.05) is 0 Å². The van der Waals surface area contributed by atoms with Gasteiger partial charge < -0.3 is 9.47 Å². The van der Waals surface area contributed by atoms with Gasteiger partial charge in [-0.3, -0.25) is 0 Å². The molecular formula is C11H14FNO2S. The van der Waals surface area contributed by atoms with Gasteiger partial charge in [-0.2, -0.15) is 0 Å². The minimum atomic E-state index is -1.27. The lowest BCUT2D eigenvalue weighted by atomic mass is 9.83. The zero-order valence-corrected chi connectivity index (χ0v) is 9.76. The van der Waals surface area contributed by atoms with E-state index in [1.54, 1.807) is 6.20 Å². The molecule has 5 heteroatoms. The number of thiazole rings is 1. The third-order valence-electron chi connectivity index (χ3n) is 3.43. The Kier molecular flexibility index (Phi) is 2.49. The molecule has 0 N–H and O–H groups in total. The second-order valence-electron chi connectivity index (χ2n) is 4.41. The van der Waals surface area contributed by atoms with Crippen LogP contribution in [0.15, 0.2) is 11.6 Å². The standard InChI is InChI=1S/C11H14FNO2S/c12-10(9-13-5-8-16-9)1-3-11(4-2-10)14-6-7-15-11/h5,8H,1-4,6-7H2. The van der Waals surface area contributed by atoms with Crippen molar-refractivity contribution in [2.45, 2.75) is 37.1 Å². The molecule has 0 aromatic carbocycles. The number of aromatic nitrogens is 1. The van der Waals surface area contributed by atoms with Crippen molar-refractivity contribution in [3.63, 3.8) is 0 Å². The molecule has 0 amide bonds. The Morgan fingerprint density at radius 3 is 2.44 bits per heavy atom. The van der Waals surface area contributed by atoms with Crippen LogP contribution in [0.3, 0.4) is 0 Å². The Morgan fingerprint density at radius 2 is 1.88 bits per heavy atom. The maximum atomic E-state index is 14.6. The van der Waals surface area contributed by atoms with Crippen LogP contribution in [0, 0.1) is 0 Å². The van der Waals surface area contributed by atoms with Gasteiger partial charge in [0, 0.05) is 24.4 Å². The number of ether oxygens (including phenoxy) is 2. The molecule has 0 bridgehead atoms. The largest absolute Gasteiger partial charge is 0.348 e. The number of hydrogen-bond acceptors (Lipinski definition) is 4. The molecule has 0 unspecified atom stereocenters. The summed E-state index contributed by atoms with van der Waals surface area (Å²) in [6.45, 7) is 1.27. The smallest absolute Gasteiger partial charge is 0.168 e. The van der Waals surface area contributed by atoms with Gasteiger partial charge in [0.15, 0.2) is 11.5 Å². The highest BCUT2D eigenvalue weighted by atomic mass is 32.1. The van der Waals surface area contributed by atoms with E-state index in [2.05, 4.69) is 4.98 Å². The summed E-state index contributed by atoms with van der Waals surface area (Å²) in [5.41, 5.74) is -1.27. The van der Waals surface area contributed by atoms with E-state index >= 15 is 0 Å². The van der Waals surface area contributed by atoms with E-state index in [4.69, 9.17) is 9.47 Å². The minimum Gasteiger partial charge on any atom is -0.348 e. The van der Waals surface area contributed by atoms with Crippen LogP contribution < -0.4 is 0 Å². The molecule has 1 saturated heterocycles. The Labute approximate surface area is 97.6 Å². The second-order valence-corrected chi connectivity index (χ2v) is 5.30. The van der Waals surface area contributed by atoms with E-state index in [0.29, 0.717) is 43.9 Å². The Morgan fingerprint density at radius 1 is 1.19 bits per heavy atom. The first kappa shape index (κ1) is 10.6. The summed E-state index contributed by atoms with van der Waals surface area (Å²) < 4.78 is 25.8. The molecule has 1 aromatic heterocycles. The molecule has 3 nitrogen and oxygen atoms in total. The van der Waals surface area contributed by atoms with Gasteiger partial charge >= 0.3 is 0 Å². The molecule has 88 valence electrons. The monoisotopic (exact) mass is 243 g/mol. The van der Waals surface area contributed by atoms with Crippen molar-refractivity contribution in [1.29, 1.82) is 0 Å². The highest BCUT2D eigenvalue weighted by molar-refractivity contribution is 7.09. The zero-order valence-electron chi connectivity index (χ0n) is 8.95. The molecule has 1 spiro atoms. The zero-order chi connectivity index (χ0) is 11.1. The number of rotatable bonds is 1. The maximum absolute atomic E-state index is 14.6. The highest BCUT2D eigenvalue weighted by Crippen LogP contribution is 2.47. The van der Waals surface area contributed by atoms with Gasteiger partial charge in [0.05, 0.1) is 13.2 Å². The fourth-order valence-corrected chi connectivity index (χ4v) is 3.26. The van der Waals surface area contributed by atoms with Crippen LogP contribution in [0.25, 0.3) is 0 Å². The number of alkyl halides is 1. The first-order valence-corrected chi connectivity index (χ1v) is 6.47. The number of halogens is 1. The summed E-state index contributed by atoms with van der Waals surface area (Å²) in [7, 11) is 0. The predicted octanol–water partition coefficient (Wildman–Crippen LogP) is 2.63. The molecule has 16 heavy (non-hydrogen) atoms. The lowest BCUT2D eigenvalue weighted by Gasteiger charge is -2.37. The fraction of sp³-hybridized carbons (Fsp3) is 0.727. The van der Waals surface area contributed by atoms with Crippen molar-refractivity contribution in [1.82, 2.24) is 4.98 Å². The maximum Gasteiger partial charge on any atom is 0.168 e. The summed E-state index contributed by atoms with van der Waals surface area (Å²) in [4.78, 5) is 4.09. The molecule has 0 radical (unpaired) electrons. The Bertz CT molecular complexity index is 352. The van der Waals surface area contributed by atoms with Crippen LogP contribution in [0.1, 0.15) is 30.7 Å². The van der Waals surface area contributed by atoms with E-state index in [9.17, 15) is 4.39 Å². The lowest BCUT2D eigenvalue weighted by molar-refractivity contribution is -0.194. The van der Waals surface area contributed by atoms with Crippen molar-refractivity contribution in [3.05, 3.63) is 16.6 Å². The van der Waals surface area contributed by atoms with Crippen LogP contribution in [-0.2, 0) is 15.1 Å². The Hall–Kier alpha value is -0.520. The molecule has 1 aromatic rings. The van der Waals surface area contributed by atoms with Crippen molar-refractivity contribution in [3.8, 4) is 0 Å². The van der Waals surface area contributed by atoms with Crippen LogP contribution >= 0.6 is 11.3 Å². The number of nitrogens with zero attached hydrogens (tertiary/aromatic N) is 1. The lowest BCUT2D eigenvalue weighted by Crippen LogP contribution is -2.40. The van der Waals surface area contributed by atoms with Gasteiger partial charge in [-0.25, -0.2) is 9.37 Å². The topological polar surface area (TPSA) is 31.4 Å². The van der Waals surface area contributed by atoms with Gasteiger partial charge in [0.1, 0.15) is 5.01 Å². The molecule has 2 heterocycles. The summed E-state index contributed by atoms with van der Waals surface area (Å²) in [5.74, 6) is -0.493. The molecule has 1 aliphatic carbocycles. The van der Waals surface area contributed by atoms with E-state index in [1.165, 1.54) is 11.3 Å². The molecule has 2 fully saturated rings. The first-order chi connectivity index (χ1) is 7.73. The average molecular weight is 243 g/mol.